The molecule has 0 fully saturated rings. The lowest BCUT2D eigenvalue weighted by Gasteiger charge is -2.11. The number of halogens is 4. The van der Waals surface area contributed by atoms with Gasteiger partial charge in [-0.05, 0) is 57.9 Å². The monoisotopic (exact) mass is 467 g/mol. The normalized spacial score (nSPS) is 10.5. The lowest BCUT2D eigenvalue weighted by atomic mass is 10.1. The van der Waals surface area contributed by atoms with Crippen LogP contribution in [0.25, 0.3) is 0 Å². The van der Waals surface area contributed by atoms with E-state index in [1.165, 1.54) is 12.1 Å². The molecule has 0 atom stereocenters. The molecule has 0 saturated heterocycles. The van der Waals surface area contributed by atoms with Crippen LogP contribution in [0.5, 0.6) is 11.5 Å². The molecule has 0 aliphatic heterocycles. The van der Waals surface area contributed by atoms with Crippen molar-refractivity contribution >= 4 is 50.7 Å². The zero-order valence-corrected chi connectivity index (χ0v) is 16.9. The predicted octanol–water partition coefficient (Wildman–Crippen LogP) is 6.87. The number of rotatable bonds is 5. The molecule has 0 heterocycles. The molecular weight excluding hydrogens is 456 g/mol. The van der Waals surface area contributed by atoms with Gasteiger partial charge in [0.15, 0.2) is 0 Å². The van der Waals surface area contributed by atoms with Crippen LogP contribution in [0.1, 0.15) is 5.56 Å². The van der Waals surface area contributed by atoms with Crippen molar-refractivity contribution in [2.24, 2.45) is 0 Å². The van der Waals surface area contributed by atoms with Gasteiger partial charge in [-0.25, -0.2) is 4.39 Å². The summed E-state index contributed by atoms with van der Waals surface area (Å²) in [6, 6.07) is 16.2. The maximum Gasteiger partial charge on any atom is 0.228 e. The number of hydrogen-bond acceptors (Lipinski definition) is 2. The van der Waals surface area contributed by atoms with Gasteiger partial charge in [0.25, 0.3) is 0 Å². The van der Waals surface area contributed by atoms with Gasteiger partial charge in [-0.1, -0.05) is 41.4 Å². The number of ether oxygens (including phenoxy) is 1. The SMILES string of the molecule is O=C(Cc1ccc(Oc2cc(Cl)ccc2Br)c(Cl)c1)Nc1ccccc1F. The van der Waals surface area contributed by atoms with E-state index in [0.717, 1.165) is 4.47 Å². The van der Waals surface area contributed by atoms with E-state index in [0.29, 0.717) is 27.1 Å². The highest BCUT2D eigenvalue weighted by Crippen LogP contribution is 2.35. The van der Waals surface area contributed by atoms with E-state index in [1.54, 1.807) is 48.5 Å². The molecule has 0 aliphatic carbocycles. The quantitative estimate of drug-likeness (QED) is 0.443. The van der Waals surface area contributed by atoms with E-state index in [4.69, 9.17) is 27.9 Å². The smallest absolute Gasteiger partial charge is 0.228 e. The van der Waals surface area contributed by atoms with E-state index >= 15 is 0 Å². The number of para-hydroxylation sites is 1. The van der Waals surface area contributed by atoms with Crippen LogP contribution in [-0.4, -0.2) is 5.91 Å². The predicted molar refractivity (Wildman–Crippen MR) is 109 cm³/mol. The van der Waals surface area contributed by atoms with Crippen LogP contribution in [-0.2, 0) is 11.2 Å². The van der Waals surface area contributed by atoms with Crippen LogP contribution in [0, 0.1) is 5.82 Å². The summed E-state index contributed by atoms with van der Waals surface area (Å²) in [6.07, 6.45) is 0.0508. The fourth-order valence-corrected chi connectivity index (χ4v) is 3.08. The zero-order valence-electron chi connectivity index (χ0n) is 13.8. The van der Waals surface area contributed by atoms with Crippen LogP contribution in [0.3, 0.4) is 0 Å². The molecular formula is C20H13BrCl2FNO2. The topological polar surface area (TPSA) is 38.3 Å². The molecule has 0 bridgehead atoms. The lowest BCUT2D eigenvalue weighted by molar-refractivity contribution is -0.115. The van der Waals surface area contributed by atoms with Crippen molar-refractivity contribution in [3.8, 4) is 11.5 Å². The van der Waals surface area contributed by atoms with Crippen molar-refractivity contribution in [1.82, 2.24) is 0 Å². The molecule has 7 heteroatoms. The Balaban J connectivity index is 1.70. The summed E-state index contributed by atoms with van der Waals surface area (Å²) in [7, 11) is 0. The van der Waals surface area contributed by atoms with E-state index in [2.05, 4.69) is 21.2 Å². The molecule has 3 nitrogen and oxygen atoms in total. The van der Waals surface area contributed by atoms with Gasteiger partial charge in [0, 0.05) is 11.1 Å². The van der Waals surface area contributed by atoms with Gasteiger partial charge < -0.3 is 10.1 Å². The van der Waals surface area contributed by atoms with Gasteiger partial charge in [-0.15, -0.1) is 0 Å². The molecule has 0 aliphatic rings. The van der Waals surface area contributed by atoms with Gasteiger partial charge >= 0.3 is 0 Å². The molecule has 3 rings (SSSR count). The first kappa shape index (κ1) is 19.7. The van der Waals surface area contributed by atoms with Crippen molar-refractivity contribution < 1.29 is 13.9 Å². The third kappa shape index (κ3) is 5.22. The summed E-state index contributed by atoms with van der Waals surface area (Å²) in [4.78, 5) is 12.1. The second-order valence-electron chi connectivity index (χ2n) is 5.65. The molecule has 0 unspecified atom stereocenters. The van der Waals surface area contributed by atoms with Crippen molar-refractivity contribution in [1.29, 1.82) is 0 Å². The first-order chi connectivity index (χ1) is 12.9. The molecule has 1 N–H and O–H groups in total. The maximum absolute atomic E-state index is 13.6. The molecule has 0 spiro atoms. The van der Waals surface area contributed by atoms with Gasteiger partial charge in [0.1, 0.15) is 17.3 Å². The summed E-state index contributed by atoms with van der Waals surface area (Å²) in [5.74, 6) is 0.120. The Bertz CT molecular complexity index is 997. The van der Waals surface area contributed by atoms with E-state index in [9.17, 15) is 9.18 Å². The minimum absolute atomic E-state index is 0.0508. The highest BCUT2D eigenvalue weighted by Gasteiger charge is 2.11. The average molecular weight is 469 g/mol. The number of carbonyl (C=O) groups is 1. The van der Waals surface area contributed by atoms with Crippen molar-refractivity contribution in [3.63, 3.8) is 0 Å². The van der Waals surface area contributed by atoms with Crippen LogP contribution in [0.15, 0.2) is 65.1 Å². The Hall–Kier alpha value is -2.08. The standard InChI is InChI=1S/C20H13BrCl2FNO2/c21-14-7-6-13(22)11-19(14)27-18-8-5-12(9-15(18)23)10-20(26)25-17-4-2-1-3-16(17)24/h1-9,11H,10H2,(H,25,26). The van der Waals surface area contributed by atoms with Crippen molar-refractivity contribution in [3.05, 3.63) is 86.6 Å². The van der Waals surface area contributed by atoms with Crippen LogP contribution < -0.4 is 10.1 Å². The summed E-state index contributed by atoms with van der Waals surface area (Å²) in [5.41, 5.74) is 0.811. The Labute approximate surface area is 174 Å². The van der Waals surface area contributed by atoms with Crippen LogP contribution in [0.4, 0.5) is 10.1 Å². The van der Waals surface area contributed by atoms with Gasteiger partial charge in [-0.3, -0.25) is 4.79 Å². The molecule has 3 aromatic rings. The second-order valence-corrected chi connectivity index (χ2v) is 7.34. The number of carbonyl (C=O) groups excluding carboxylic acids is 1. The molecule has 138 valence electrons. The van der Waals surface area contributed by atoms with Crippen LogP contribution in [0.2, 0.25) is 10.0 Å². The number of nitrogens with one attached hydrogen (secondary N) is 1. The Morgan fingerprint density at radius 3 is 2.56 bits per heavy atom. The van der Waals surface area contributed by atoms with Crippen LogP contribution >= 0.6 is 39.1 Å². The third-order valence-electron chi connectivity index (χ3n) is 3.62. The summed E-state index contributed by atoms with van der Waals surface area (Å²) in [6.45, 7) is 0. The molecule has 0 radical (unpaired) electrons. The zero-order chi connectivity index (χ0) is 19.4. The van der Waals surface area contributed by atoms with Gasteiger partial charge in [0.2, 0.25) is 5.91 Å². The Kier molecular flexibility index (Phi) is 6.37. The van der Waals surface area contributed by atoms with E-state index in [1.807, 2.05) is 0 Å². The largest absolute Gasteiger partial charge is 0.455 e. The molecule has 0 saturated carbocycles. The third-order valence-corrected chi connectivity index (χ3v) is 4.81. The summed E-state index contributed by atoms with van der Waals surface area (Å²) < 4.78 is 20.1. The first-order valence-electron chi connectivity index (χ1n) is 7.88. The van der Waals surface area contributed by atoms with Gasteiger partial charge in [0.05, 0.1) is 21.6 Å². The number of amides is 1. The summed E-state index contributed by atoms with van der Waals surface area (Å²) >= 11 is 15.6. The molecule has 27 heavy (non-hydrogen) atoms. The summed E-state index contributed by atoms with van der Waals surface area (Å²) in [5, 5.41) is 3.42. The average Bonchev–Trinajstić information content (AvgIpc) is 2.62. The first-order valence-corrected chi connectivity index (χ1v) is 9.43. The van der Waals surface area contributed by atoms with Crippen molar-refractivity contribution in [2.75, 3.05) is 5.32 Å². The minimum atomic E-state index is -0.486. The van der Waals surface area contributed by atoms with E-state index < -0.39 is 5.82 Å². The Morgan fingerprint density at radius 2 is 1.81 bits per heavy atom. The Morgan fingerprint density at radius 1 is 1.04 bits per heavy atom. The lowest BCUT2D eigenvalue weighted by Crippen LogP contribution is -2.15. The number of anilines is 1. The minimum Gasteiger partial charge on any atom is -0.455 e. The molecule has 1 amide bonds. The fraction of sp³-hybridized carbons (Fsp3) is 0.0500. The van der Waals surface area contributed by atoms with Gasteiger partial charge in [-0.2, -0.15) is 0 Å². The second kappa shape index (κ2) is 8.74. The highest BCUT2D eigenvalue weighted by molar-refractivity contribution is 9.10. The molecule has 0 aromatic heterocycles. The van der Waals surface area contributed by atoms with E-state index in [-0.39, 0.29) is 18.0 Å². The molecule has 3 aromatic carbocycles. The number of benzene rings is 3. The maximum atomic E-state index is 13.6. The number of hydrogen-bond donors (Lipinski definition) is 1. The van der Waals surface area contributed by atoms with Crippen molar-refractivity contribution in [2.45, 2.75) is 6.42 Å². The highest BCUT2D eigenvalue weighted by atomic mass is 79.9. The fourth-order valence-electron chi connectivity index (χ4n) is 2.35.